The van der Waals surface area contributed by atoms with Crippen molar-refractivity contribution in [3.05, 3.63) is 90.7 Å². The number of nitrogens with zero attached hydrogens (tertiary/aromatic N) is 3. The van der Waals surface area contributed by atoms with Crippen LogP contribution < -0.4 is 5.32 Å². The van der Waals surface area contributed by atoms with Gasteiger partial charge in [-0.3, -0.25) is 4.98 Å². The summed E-state index contributed by atoms with van der Waals surface area (Å²) in [7, 11) is 1.70. The van der Waals surface area contributed by atoms with Crippen molar-refractivity contribution in [2.45, 2.75) is 18.4 Å². The normalized spacial score (nSPS) is 22.1. The number of para-hydroxylation sites is 1. The number of benzene rings is 2. The van der Waals surface area contributed by atoms with Crippen molar-refractivity contribution >= 4 is 33.2 Å². The second kappa shape index (κ2) is 8.30. The van der Waals surface area contributed by atoms with Crippen LogP contribution in [0.4, 0.5) is 11.5 Å². The molecular weight excluding hydrogens is 412 g/mol. The molecule has 6 nitrogen and oxygen atoms in total. The summed E-state index contributed by atoms with van der Waals surface area (Å²) < 4.78 is 11.6. The molecule has 2 aromatic carbocycles. The highest BCUT2D eigenvalue weighted by atomic mass is 16.5. The Morgan fingerprint density at radius 1 is 1.03 bits per heavy atom. The Hall–Kier alpha value is -3.77. The average Bonchev–Trinajstić information content (AvgIpc) is 2.88. The highest BCUT2D eigenvalue weighted by molar-refractivity contribution is 5.98. The van der Waals surface area contributed by atoms with Gasteiger partial charge in [0.25, 0.3) is 0 Å². The van der Waals surface area contributed by atoms with E-state index in [-0.39, 0.29) is 17.9 Å². The molecule has 1 aliphatic heterocycles. The van der Waals surface area contributed by atoms with Gasteiger partial charge in [0.1, 0.15) is 17.4 Å². The highest BCUT2D eigenvalue weighted by Crippen LogP contribution is 2.37. The van der Waals surface area contributed by atoms with Crippen LogP contribution in [0.25, 0.3) is 21.7 Å². The van der Waals surface area contributed by atoms with Crippen LogP contribution in [0.5, 0.6) is 0 Å². The smallest absolute Gasteiger partial charge is 0.142 e. The monoisotopic (exact) mass is 436 g/mol. The number of fused-ring (bicyclic) bond motifs is 3. The first-order valence-electron chi connectivity index (χ1n) is 11.2. The van der Waals surface area contributed by atoms with Gasteiger partial charge < -0.3 is 14.8 Å². The molecule has 1 aliphatic carbocycles. The first-order chi connectivity index (χ1) is 16.3. The molecule has 2 aliphatic rings. The van der Waals surface area contributed by atoms with Crippen LogP contribution in [-0.2, 0) is 9.47 Å². The average molecular weight is 437 g/mol. The summed E-state index contributed by atoms with van der Waals surface area (Å²) in [5, 5.41) is 6.75. The fraction of sp³-hybridized carbons (Fsp3) is 0.222. The lowest BCUT2D eigenvalue weighted by atomic mass is 9.84. The van der Waals surface area contributed by atoms with E-state index < -0.39 is 0 Å². The molecule has 0 amide bonds. The molecule has 3 atom stereocenters. The lowest BCUT2D eigenvalue weighted by molar-refractivity contribution is 0.00162. The van der Waals surface area contributed by atoms with E-state index in [0.29, 0.717) is 6.61 Å². The van der Waals surface area contributed by atoms with E-state index >= 15 is 0 Å². The van der Waals surface area contributed by atoms with E-state index in [2.05, 4.69) is 40.7 Å². The van der Waals surface area contributed by atoms with E-state index in [1.165, 1.54) is 0 Å². The summed E-state index contributed by atoms with van der Waals surface area (Å²) in [6.45, 7) is 0.597. The van der Waals surface area contributed by atoms with Crippen LogP contribution in [0.15, 0.2) is 84.9 Å². The quantitative estimate of drug-likeness (QED) is 0.455. The maximum atomic E-state index is 6.18. The number of pyridine rings is 1. The van der Waals surface area contributed by atoms with Crippen LogP contribution in [0.1, 0.15) is 18.2 Å². The number of anilines is 2. The van der Waals surface area contributed by atoms with Gasteiger partial charge >= 0.3 is 0 Å². The first-order valence-corrected chi connectivity index (χ1v) is 11.2. The highest BCUT2D eigenvalue weighted by Gasteiger charge is 2.33. The molecule has 0 spiro atoms. The number of nitrogens with one attached hydrogen (secondary N) is 1. The number of methoxy groups -OCH3 is 1. The zero-order chi connectivity index (χ0) is 22.2. The topological polar surface area (TPSA) is 69.2 Å². The number of hydrogen-bond donors (Lipinski definition) is 1. The molecule has 1 N–H and O–H groups in total. The van der Waals surface area contributed by atoms with Gasteiger partial charge in [-0.05, 0) is 42.8 Å². The second-order valence-corrected chi connectivity index (χ2v) is 8.50. The standard InChI is InChI=1S/C27H24N4O2/c1-32-20-9-10-25-18(14-20)13-19(16-33-25)26-29-24-7-3-2-6-22(24)27(31-26)30-23-8-4-5-17-15-28-12-11-21(17)23/h2-12,14-15,18-19,25H,13,16H2,1H3,(H,29,30,31). The SMILES string of the molecule is COC1=CC2CC(c3nc(Nc4cccc5cnccc45)c4ccccc4n3)COC2C=C1. The molecule has 0 bridgehead atoms. The van der Waals surface area contributed by atoms with Crippen LogP contribution in [0.2, 0.25) is 0 Å². The van der Waals surface area contributed by atoms with E-state index in [1.54, 1.807) is 7.11 Å². The van der Waals surface area contributed by atoms with E-state index in [4.69, 9.17) is 19.4 Å². The molecule has 3 heterocycles. The fourth-order valence-corrected chi connectivity index (χ4v) is 4.75. The third-order valence-electron chi connectivity index (χ3n) is 6.45. The van der Waals surface area contributed by atoms with Crippen molar-refractivity contribution in [1.29, 1.82) is 0 Å². The number of rotatable bonds is 4. The van der Waals surface area contributed by atoms with Gasteiger partial charge in [0.2, 0.25) is 0 Å². The maximum Gasteiger partial charge on any atom is 0.142 e. The third-order valence-corrected chi connectivity index (χ3v) is 6.45. The Kier molecular flexibility index (Phi) is 5.00. The van der Waals surface area contributed by atoms with Crippen molar-refractivity contribution < 1.29 is 9.47 Å². The van der Waals surface area contributed by atoms with Gasteiger partial charge in [-0.25, -0.2) is 9.97 Å². The number of hydrogen-bond acceptors (Lipinski definition) is 6. The summed E-state index contributed by atoms with van der Waals surface area (Å²) in [4.78, 5) is 14.2. The molecule has 0 radical (unpaired) electrons. The van der Waals surface area contributed by atoms with Crippen molar-refractivity contribution in [3.8, 4) is 0 Å². The molecule has 6 heteroatoms. The summed E-state index contributed by atoms with van der Waals surface area (Å²) in [6, 6.07) is 16.3. The molecule has 6 rings (SSSR count). The van der Waals surface area contributed by atoms with E-state index in [9.17, 15) is 0 Å². The van der Waals surface area contributed by atoms with E-state index in [0.717, 1.165) is 51.2 Å². The van der Waals surface area contributed by atoms with Crippen molar-refractivity contribution in [2.24, 2.45) is 5.92 Å². The van der Waals surface area contributed by atoms with E-state index in [1.807, 2.05) is 48.8 Å². The Bertz CT molecular complexity index is 1390. The molecule has 2 aromatic heterocycles. The summed E-state index contributed by atoms with van der Waals surface area (Å²) in [5.74, 6) is 2.85. The predicted molar refractivity (Wildman–Crippen MR) is 129 cm³/mol. The Labute approximate surface area is 192 Å². The molecule has 1 saturated heterocycles. The van der Waals surface area contributed by atoms with Crippen LogP contribution >= 0.6 is 0 Å². The van der Waals surface area contributed by atoms with Crippen molar-refractivity contribution in [3.63, 3.8) is 0 Å². The Balaban J connectivity index is 1.38. The second-order valence-electron chi connectivity index (χ2n) is 8.50. The van der Waals surface area contributed by atoms with Gasteiger partial charge in [-0.15, -0.1) is 0 Å². The minimum Gasteiger partial charge on any atom is -0.497 e. The minimum atomic E-state index is 0.0856. The fourth-order valence-electron chi connectivity index (χ4n) is 4.75. The predicted octanol–water partition coefficient (Wildman–Crippen LogP) is 5.51. The Morgan fingerprint density at radius 3 is 2.91 bits per heavy atom. The third kappa shape index (κ3) is 3.72. The zero-order valence-corrected chi connectivity index (χ0v) is 18.3. The van der Waals surface area contributed by atoms with Gasteiger partial charge in [-0.2, -0.15) is 0 Å². The minimum absolute atomic E-state index is 0.0856. The molecular formula is C27H24N4O2. The van der Waals surface area contributed by atoms with Crippen LogP contribution in [-0.4, -0.2) is 34.8 Å². The van der Waals surface area contributed by atoms with Gasteiger partial charge in [-0.1, -0.05) is 30.3 Å². The number of ether oxygens (including phenoxy) is 2. The maximum absolute atomic E-state index is 6.18. The molecule has 33 heavy (non-hydrogen) atoms. The molecule has 0 saturated carbocycles. The van der Waals surface area contributed by atoms with Crippen molar-refractivity contribution in [1.82, 2.24) is 15.0 Å². The molecule has 164 valence electrons. The molecule has 3 unspecified atom stereocenters. The summed E-state index contributed by atoms with van der Waals surface area (Å²) in [5.41, 5.74) is 1.92. The van der Waals surface area contributed by atoms with Gasteiger partial charge in [0.05, 0.1) is 25.3 Å². The molecule has 4 aromatic rings. The summed E-state index contributed by atoms with van der Waals surface area (Å²) in [6.07, 6.45) is 10.9. The summed E-state index contributed by atoms with van der Waals surface area (Å²) >= 11 is 0. The Morgan fingerprint density at radius 2 is 1.97 bits per heavy atom. The lowest BCUT2D eigenvalue weighted by Gasteiger charge is -2.34. The molecule has 1 fully saturated rings. The zero-order valence-electron chi connectivity index (χ0n) is 18.3. The number of allylic oxidation sites excluding steroid dienone is 1. The van der Waals surface area contributed by atoms with Crippen LogP contribution in [0.3, 0.4) is 0 Å². The van der Waals surface area contributed by atoms with Crippen LogP contribution in [0, 0.1) is 5.92 Å². The van der Waals surface area contributed by atoms with Gasteiger partial charge in [0.15, 0.2) is 0 Å². The van der Waals surface area contributed by atoms with Gasteiger partial charge in [0, 0.05) is 46.1 Å². The van der Waals surface area contributed by atoms with Crippen molar-refractivity contribution in [2.75, 3.05) is 19.0 Å². The largest absolute Gasteiger partial charge is 0.497 e. The lowest BCUT2D eigenvalue weighted by Crippen LogP contribution is -2.33. The first kappa shape index (κ1) is 19.9. The number of aromatic nitrogens is 3.